The summed E-state index contributed by atoms with van der Waals surface area (Å²) < 4.78 is 10.5. The summed E-state index contributed by atoms with van der Waals surface area (Å²) in [4.78, 5) is 13.0. The van der Waals surface area contributed by atoms with E-state index in [9.17, 15) is 4.79 Å². The Hall–Kier alpha value is -0.650. The van der Waals surface area contributed by atoms with Crippen molar-refractivity contribution in [1.82, 2.24) is 4.90 Å². The van der Waals surface area contributed by atoms with Gasteiger partial charge in [-0.2, -0.15) is 0 Å². The van der Waals surface area contributed by atoms with Crippen molar-refractivity contribution in [1.29, 1.82) is 0 Å². The van der Waals surface area contributed by atoms with Crippen LogP contribution in [0.5, 0.6) is 0 Å². The molecule has 2 atom stereocenters. The summed E-state index contributed by atoms with van der Waals surface area (Å²) in [6.07, 6.45) is 1.05. The summed E-state index contributed by atoms with van der Waals surface area (Å²) in [6, 6.07) is -0.473. The van der Waals surface area contributed by atoms with Gasteiger partial charge in [-0.25, -0.2) is 0 Å². The number of nitrogens with zero attached hydrogens (tertiary/aromatic N) is 1. The van der Waals surface area contributed by atoms with Crippen LogP contribution in [0.3, 0.4) is 0 Å². The molecule has 2 saturated heterocycles. The zero-order chi connectivity index (χ0) is 10.7. The normalized spacial score (nSPS) is 33.1. The van der Waals surface area contributed by atoms with Crippen molar-refractivity contribution in [3.63, 3.8) is 0 Å². The molecule has 0 amide bonds. The molecule has 86 valence electrons. The van der Waals surface area contributed by atoms with E-state index in [2.05, 4.69) is 0 Å². The average Bonchev–Trinajstić information content (AvgIpc) is 2.71. The second-order valence-corrected chi connectivity index (χ2v) is 4.15. The first kappa shape index (κ1) is 10.9. The molecular weight excluding hydrogens is 198 g/mol. The minimum absolute atomic E-state index is 0.308. The highest BCUT2D eigenvalue weighted by Gasteiger charge is 2.31. The lowest BCUT2D eigenvalue weighted by Gasteiger charge is -2.34. The molecular formula is C10H17NO4. The maximum atomic E-state index is 11.0. The number of hydrogen-bond donors (Lipinski definition) is 1. The van der Waals surface area contributed by atoms with Gasteiger partial charge in [0.1, 0.15) is 6.04 Å². The highest BCUT2D eigenvalue weighted by molar-refractivity contribution is 5.73. The zero-order valence-corrected chi connectivity index (χ0v) is 8.72. The predicted molar refractivity (Wildman–Crippen MR) is 52.7 cm³/mol. The molecule has 0 aromatic carbocycles. The van der Waals surface area contributed by atoms with Gasteiger partial charge in [0.2, 0.25) is 0 Å². The van der Waals surface area contributed by atoms with Gasteiger partial charge in [-0.05, 0) is 12.3 Å². The summed E-state index contributed by atoms with van der Waals surface area (Å²) in [7, 11) is 0. The van der Waals surface area contributed by atoms with Crippen LogP contribution in [0.15, 0.2) is 0 Å². The van der Waals surface area contributed by atoms with E-state index in [1.165, 1.54) is 0 Å². The van der Waals surface area contributed by atoms with Gasteiger partial charge >= 0.3 is 5.97 Å². The summed E-state index contributed by atoms with van der Waals surface area (Å²) in [5, 5.41) is 9.03. The van der Waals surface area contributed by atoms with E-state index in [0.717, 1.165) is 26.2 Å². The molecule has 2 aliphatic heterocycles. The summed E-state index contributed by atoms with van der Waals surface area (Å²) >= 11 is 0. The van der Waals surface area contributed by atoms with E-state index >= 15 is 0 Å². The molecule has 1 N–H and O–H groups in total. The molecule has 5 heteroatoms. The number of hydrogen-bond acceptors (Lipinski definition) is 4. The van der Waals surface area contributed by atoms with Crippen molar-refractivity contribution in [2.45, 2.75) is 12.5 Å². The molecule has 0 aromatic rings. The molecule has 0 saturated carbocycles. The number of rotatable bonds is 3. The van der Waals surface area contributed by atoms with E-state index in [-0.39, 0.29) is 0 Å². The van der Waals surface area contributed by atoms with E-state index in [4.69, 9.17) is 14.6 Å². The average molecular weight is 215 g/mol. The van der Waals surface area contributed by atoms with Gasteiger partial charge in [-0.1, -0.05) is 0 Å². The van der Waals surface area contributed by atoms with Crippen molar-refractivity contribution in [2.75, 3.05) is 39.5 Å². The van der Waals surface area contributed by atoms with Crippen LogP contribution >= 0.6 is 0 Å². The molecule has 2 rings (SSSR count). The molecule has 2 unspecified atom stereocenters. The van der Waals surface area contributed by atoms with Crippen LogP contribution in [-0.2, 0) is 14.3 Å². The topological polar surface area (TPSA) is 59.0 Å². The molecule has 2 aliphatic rings. The minimum atomic E-state index is -0.784. The first-order chi connectivity index (χ1) is 7.27. The lowest BCUT2D eigenvalue weighted by Crippen LogP contribution is -2.51. The summed E-state index contributed by atoms with van der Waals surface area (Å²) in [5.74, 6) is -0.293. The standard InChI is InChI=1S/C10H17NO4/c12-10(13)9-7-15-4-2-11(9)5-8-1-3-14-6-8/h8-9H,1-7H2,(H,12,13). The van der Waals surface area contributed by atoms with Gasteiger partial charge in [-0.15, -0.1) is 0 Å². The van der Waals surface area contributed by atoms with E-state index in [0.29, 0.717) is 25.7 Å². The molecule has 0 aliphatic carbocycles. The highest BCUT2D eigenvalue weighted by atomic mass is 16.5. The SMILES string of the molecule is O=C(O)C1COCCN1CC1CCOC1. The Labute approximate surface area is 89.0 Å². The van der Waals surface area contributed by atoms with Crippen molar-refractivity contribution < 1.29 is 19.4 Å². The third-order valence-corrected chi connectivity index (χ3v) is 3.04. The molecule has 15 heavy (non-hydrogen) atoms. The lowest BCUT2D eigenvalue weighted by molar-refractivity contribution is -0.150. The van der Waals surface area contributed by atoms with Gasteiger partial charge in [0, 0.05) is 19.7 Å². The molecule has 0 spiro atoms. The van der Waals surface area contributed by atoms with Gasteiger partial charge in [0.15, 0.2) is 0 Å². The Balaban J connectivity index is 1.89. The zero-order valence-electron chi connectivity index (χ0n) is 8.72. The van der Waals surface area contributed by atoms with Crippen molar-refractivity contribution >= 4 is 5.97 Å². The fourth-order valence-electron chi connectivity index (χ4n) is 2.14. The Bertz CT molecular complexity index is 227. The monoisotopic (exact) mass is 215 g/mol. The second kappa shape index (κ2) is 4.92. The van der Waals surface area contributed by atoms with Gasteiger partial charge in [0.05, 0.1) is 19.8 Å². The van der Waals surface area contributed by atoms with E-state index in [1.807, 2.05) is 4.90 Å². The number of aliphatic carboxylic acids is 1. The molecule has 2 fully saturated rings. The maximum Gasteiger partial charge on any atom is 0.323 e. The first-order valence-electron chi connectivity index (χ1n) is 5.39. The Morgan fingerprint density at radius 3 is 2.80 bits per heavy atom. The van der Waals surface area contributed by atoms with Crippen LogP contribution in [0.2, 0.25) is 0 Å². The van der Waals surface area contributed by atoms with Crippen molar-refractivity contribution in [2.24, 2.45) is 5.92 Å². The van der Waals surface area contributed by atoms with Crippen molar-refractivity contribution in [3.8, 4) is 0 Å². The first-order valence-corrected chi connectivity index (χ1v) is 5.39. The van der Waals surface area contributed by atoms with Crippen molar-refractivity contribution in [3.05, 3.63) is 0 Å². The Morgan fingerprint density at radius 2 is 2.13 bits per heavy atom. The largest absolute Gasteiger partial charge is 0.480 e. The fourth-order valence-corrected chi connectivity index (χ4v) is 2.14. The van der Waals surface area contributed by atoms with Crippen LogP contribution in [0, 0.1) is 5.92 Å². The fraction of sp³-hybridized carbons (Fsp3) is 0.900. The predicted octanol–water partition coefficient (Wildman–Crippen LogP) is -0.192. The van der Waals surface area contributed by atoms with Gasteiger partial charge in [-0.3, -0.25) is 9.69 Å². The van der Waals surface area contributed by atoms with Crippen LogP contribution in [0.25, 0.3) is 0 Å². The molecule has 5 nitrogen and oxygen atoms in total. The third kappa shape index (κ3) is 2.68. The maximum absolute atomic E-state index is 11.0. The Kier molecular flexibility index (Phi) is 3.56. The second-order valence-electron chi connectivity index (χ2n) is 4.15. The molecule has 0 bridgehead atoms. The van der Waals surface area contributed by atoms with Crippen LogP contribution < -0.4 is 0 Å². The quantitative estimate of drug-likeness (QED) is 0.707. The summed E-state index contributed by atoms with van der Waals surface area (Å²) in [5.41, 5.74) is 0. The van der Waals surface area contributed by atoms with Crippen LogP contribution in [0.1, 0.15) is 6.42 Å². The third-order valence-electron chi connectivity index (χ3n) is 3.04. The van der Waals surface area contributed by atoms with Gasteiger partial charge < -0.3 is 14.6 Å². The number of carboxylic acid groups (broad SMARTS) is 1. The molecule has 2 heterocycles. The number of carbonyl (C=O) groups is 1. The van der Waals surface area contributed by atoms with E-state index in [1.54, 1.807) is 0 Å². The number of carboxylic acids is 1. The number of morpholine rings is 1. The van der Waals surface area contributed by atoms with Crippen LogP contribution in [0.4, 0.5) is 0 Å². The molecule has 0 radical (unpaired) electrons. The van der Waals surface area contributed by atoms with Gasteiger partial charge in [0.25, 0.3) is 0 Å². The highest BCUT2D eigenvalue weighted by Crippen LogP contribution is 2.17. The minimum Gasteiger partial charge on any atom is -0.480 e. The summed E-state index contributed by atoms with van der Waals surface area (Å²) in [6.45, 7) is 4.06. The molecule has 0 aromatic heterocycles. The Morgan fingerprint density at radius 1 is 1.33 bits per heavy atom. The number of ether oxygens (including phenoxy) is 2. The van der Waals surface area contributed by atoms with E-state index < -0.39 is 12.0 Å². The van der Waals surface area contributed by atoms with Crippen LogP contribution in [-0.4, -0.2) is 61.5 Å². The lowest BCUT2D eigenvalue weighted by atomic mass is 10.1. The smallest absolute Gasteiger partial charge is 0.323 e.